The van der Waals surface area contributed by atoms with Crippen molar-refractivity contribution in [2.75, 3.05) is 33.4 Å². The minimum absolute atomic E-state index is 0.121. The smallest absolute Gasteiger partial charge is 0.239 e. The summed E-state index contributed by atoms with van der Waals surface area (Å²) in [7, 11) is 1.67. The molecule has 2 N–H and O–H groups in total. The van der Waals surface area contributed by atoms with Crippen molar-refractivity contribution in [1.82, 2.24) is 10.2 Å². The number of hydrogen-bond donors (Lipinski definition) is 2. The lowest BCUT2D eigenvalue weighted by atomic mass is 10.1. The highest BCUT2D eigenvalue weighted by Crippen LogP contribution is 2.12. The molecule has 0 saturated carbocycles. The molecule has 1 aliphatic rings. The van der Waals surface area contributed by atoms with Crippen LogP contribution in [0.15, 0.2) is 0 Å². The largest absolute Gasteiger partial charge is 0.396 e. The molecule has 0 bridgehead atoms. The average Bonchev–Trinajstić information content (AvgIpc) is 2.78. The molecule has 2 atom stereocenters. The van der Waals surface area contributed by atoms with Gasteiger partial charge in [0.15, 0.2) is 0 Å². The molecule has 1 fully saturated rings. The molecule has 0 aromatic heterocycles. The van der Waals surface area contributed by atoms with E-state index in [1.54, 1.807) is 12.0 Å². The van der Waals surface area contributed by atoms with Crippen molar-refractivity contribution in [3.63, 3.8) is 0 Å². The SMILES string of the molecule is CCN(CCCO)C(=O)C1CC(OC)CN1. The lowest BCUT2D eigenvalue weighted by molar-refractivity contribution is -0.133. The van der Waals surface area contributed by atoms with Gasteiger partial charge < -0.3 is 20.1 Å². The van der Waals surface area contributed by atoms with Gasteiger partial charge in [-0.15, -0.1) is 0 Å². The zero-order chi connectivity index (χ0) is 12.0. The van der Waals surface area contributed by atoms with Gasteiger partial charge in [-0.25, -0.2) is 0 Å². The molecular weight excluding hydrogens is 208 g/mol. The van der Waals surface area contributed by atoms with E-state index in [9.17, 15) is 4.79 Å². The van der Waals surface area contributed by atoms with Crippen LogP contribution in [0.3, 0.4) is 0 Å². The van der Waals surface area contributed by atoms with Crippen molar-refractivity contribution < 1.29 is 14.6 Å². The van der Waals surface area contributed by atoms with Gasteiger partial charge in [0.2, 0.25) is 5.91 Å². The van der Waals surface area contributed by atoms with Crippen LogP contribution in [0, 0.1) is 0 Å². The predicted molar refractivity (Wildman–Crippen MR) is 61.2 cm³/mol. The Hall–Kier alpha value is -0.650. The highest BCUT2D eigenvalue weighted by atomic mass is 16.5. The van der Waals surface area contributed by atoms with E-state index in [2.05, 4.69) is 5.32 Å². The summed E-state index contributed by atoms with van der Waals surface area (Å²) < 4.78 is 5.21. The minimum atomic E-state index is -0.122. The molecule has 0 radical (unpaired) electrons. The molecule has 0 aromatic carbocycles. The van der Waals surface area contributed by atoms with Gasteiger partial charge in [0.05, 0.1) is 12.1 Å². The van der Waals surface area contributed by atoms with Crippen LogP contribution in [0.1, 0.15) is 19.8 Å². The third kappa shape index (κ3) is 3.43. The van der Waals surface area contributed by atoms with E-state index in [-0.39, 0.29) is 24.7 Å². The predicted octanol–water partition coefficient (Wildman–Crippen LogP) is -0.406. The fraction of sp³-hybridized carbons (Fsp3) is 0.909. The Kier molecular flexibility index (Phi) is 5.73. The molecule has 1 rings (SSSR count). The standard InChI is InChI=1S/C11H22N2O3/c1-3-13(5-4-6-14)11(15)10-7-9(16-2)8-12-10/h9-10,12,14H,3-8H2,1-2H3. The van der Waals surface area contributed by atoms with Gasteiger partial charge in [-0.05, 0) is 19.8 Å². The van der Waals surface area contributed by atoms with Crippen molar-refractivity contribution in [3.8, 4) is 0 Å². The minimum Gasteiger partial charge on any atom is -0.396 e. The van der Waals surface area contributed by atoms with Crippen molar-refractivity contribution >= 4 is 5.91 Å². The number of amides is 1. The van der Waals surface area contributed by atoms with E-state index in [0.717, 1.165) is 13.0 Å². The van der Waals surface area contributed by atoms with Crippen molar-refractivity contribution in [2.45, 2.75) is 31.9 Å². The molecule has 94 valence electrons. The number of ether oxygens (including phenoxy) is 1. The van der Waals surface area contributed by atoms with Crippen LogP contribution in [0.5, 0.6) is 0 Å². The Balaban J connectivity index is 2.42. The first kappa shape index (κ1) is 13.4. The quantitative estimate of drug-likeness (QED) is 0.651. The monoisotopic (exact) mass is 230 g/mol. The second kappa shape index (κ2) is 6.83. The van der Waals surface area contributed by atoms with Gasteiger partial charge in [-0.1, -0.05) is 0 Å². The average molecular weight is 230 g/mol. The molecule has 16 heavy (non-hydrogen) atoms. The maximum absolute atomic E-state index is 12.1. The zero-order valence-corrected chi connectivity index (χ0v) is 10.1. The molecule has 2 unspecified atom stereocenters. The molecule has 5 nitrogen and oxygen atoms in total. The van der Waals surface area contributed by atoms with Crippen LogP contribution in [-0.2, 0) is 9.53 Å². The van der Waals surface area contributed by atoms with E-state index in [1.807, 2.05) is 6.92 Å². The van der Waals surface area contributed by atoms with E-state index in [4.69, 9.17) is 9.84 Å². The molecular formula is C11H22N2O3. The second-order valence-electron chi connectivity index (χ2n) is 4.05. The number of aliphatic hydroxyl groups is 1. The molecule has 1 amide bonds. The molecule has 1 aliphatic heterocycles. The molecule has 5 heteroatoms. The van der Waals surface area contributed by atoms with Gasteiger partial charge in [0.1, 0.15) is 0 Å². The maximum Gasteiger partial charge on any atom is 0.239 e. The Bertz CT molecular complexity index is 219. The lowest BCUT2D eigenvalue weighted by Gasteiger charge is -2.23. The molecule has 1 heterocycles. The number of hydrogen-bond acceptors (Lipinski definition) is 4. The summed E-state index contributed by atoms with van der Waals surface area (Å²) in [5, 5.41) is 11.9. The van der Waals surface area contributed by atoms with Crippen molar-refractivity contribution in [2.24, 2.45) is 0 Å². The third-order valence-electron chi connectivity index (χ3n) is 3.00. The van der Waals surface area contributed by atoms with E-state index in [1.165, 1.54) is 0 Å². The Morgan fingerprint density at radius 2 is 2.38 bits per heavy atom. The summed E-state index contributed by atoms with van der Waals surface area (Å²) in [5.74, 6) is 0.121. The third-order valence-corrected chi connectivity index (χ3v) is 3.00. The van der Waals surface area contributed by atoms with Gasteiger partial charge >= 0.3 is 0 Å². The fourth-order valence-corrected chi connectivity index (χ4v) is 1.98. The first-order valence-electron chi connectivity index (χ1n) is 5.88. The highest BCUT2D eigenvalue weighted by Gasteiger charge is 2.31. The highest BCUT2D eigenvalue weighted by molar-refractivity contribution is 5.82. The van der Waals surface area contributed by atoms with Crippen LogP contribution in [0.25, 0.3) is 0 Å². The first-order chi connectivity index (χ1) is 7.72. The van der Waals surface area contributed by atoms with Gasteiger partial charge in [0.25, 0.3) is 0 Å². The van der Waals surface area contributed by atoms with Crippen LogP contribution in [0.4, 0.5) is 0 Å². The van der Waals surface area contributed by atoms with Crippen molar-refractivity contribution in [3.05, 3.63) is 0 Å². The second-order valence-corrected chi connectivity index (χ2v) is 4.05. The summed E-state index contributed by atoms with van der Waals surface area (Å²) in [6, 6.07) is -0.122. The molecule has 0 spiro atoms. The first-order valence-corrected chi connectivity index (χ1v) is 5.88. The van der Waals surface area contributed by atoms with Gasteiger partial charge in [-0.3, -0.25) is 4.79 Å². The molecule has 1 saturated heterocycles. The number of methoxy groups -OCH3 is 1. The van der Waals surface area contributed by atoms with Crippen molar-refractivity contribution in [1.29, 1.82) is 0 Å². The van der Waals surface area contributed by atoms with Gasteiger partial charge in [0, 0.05) is 33.4 Å². The number of nitrogens with one attached hydrogen (secondary N) is 1. The number of carbonyl (C=O) groups excluding carboxylic acids is 1. The van der Waals surface area contributed by atoms with Crippen LogP contribution < -0.4 is 5.32 Å². The zero-order valence-electron chi connectivity index (χ0n) is 10.1. The number of carbonyl (C=O) groups is 1. The topological polar surface area (TPSA) is 61.8 Å². The Morgan fingerprint density at radius 3 is 2.88 bits per heavy atom. The summed E-state index contributed by atoms with van der Waals surface area (Å²) in [6.07, 6.45) is 1.52. The maximum atomic E-state index is 12.1. The summed E-state index contributed by atoms with van der Waals surface area (Å²) in [6.45, 7) is 4.14. The van der Waals surface area contributed by atoms with Crippen LogP contribution in [-0.4, -0.2) is 61.4 Å². The summed E-state index contributed by atoms with van der Waals surface area (Å²) in [5.41, 5.74) is 0. The van der Waals surface area contributed by atoms with Gasteiger partial charge in [-0.2, -0.15) is 0 Å². The normalized spacial score (nSPS) is 24.7. The van der Waals surface area contributed by atoms with E-state index < -0.39 is 0 Å². The number of aliphatic hydroxyl groups excluding tert-OH is 1. The van der Waals surface area contributed by atoms with Crippen LogP contribution >= 0.6 is 0 Å². The lowest BCUT2D eigenvalue weighted by Crippen LogP contribution is -2.44. The summed E-state index contributed by atoms with van der Waals surface area (Å²) in [4.78, 5) is 13.9. The molecule has 0 aliphatic carbocycles. The number of likely N-dealkylation sites (N-methyl/N-ethyl adjacent to an activating group) is 1. The Labute approximate surface area is 96.8 Å². The number of rotatable bonds is 6. The van der Waals surface area contributed by atoms with E-state index >= 15 is 0 Å². The Morgan fingerprint density at radius 1 is 1.62 bits per heavy atom. The van der Waals surface area contributed by atoms with Crippen LogP contribution in [0.2, 0.25) is 0 Å². The van der Waals surface area contributed by atoms with E-state index in [0.29, 0.717) is 19.5 Å². The molecule has 0 aromatic rings. The fourth-order valence-electron chi connectivity index (χ4n) is 1.98. The number of nitrogens with zero attached hydrogens (tertiary/aromatic N) is 1. The summed E-state index contributed by atoms with van der Waals surface area (Å²) >= 11 is 0.